The Bertz CT molecular complexity index is 864. The minimum Gasteiger partial charge on any atom is -0.497 e. The summed E-state index contributed by atoms with van der Waals surface area (Å²) in [7, 11) is 1.52. The number of amides is 4. The van der Waals surface area contributed by atoms with E-state index >= 15 is 0 Å². The largest absolute Gasteiger partial charge is 0.497 e. The van der Waals surface area contributed by atoms with Gasteiger partial charge < -0.3 is 15.0 Å². The van der Waals surface area contributed by atoms with Gasteiger partial charge in [-0.2, -0.15) is 0 Å². The average molecular weight is 397 g/mol. The molecule has 2 aliphatic heterocycles. The second-order valence-corrected chi connectivity index (χ2v) is 7.57. The Balaban J connectivity index is 1.28. The number of fused-ring (bicyclic) bond motifs is 1. The number of ether oxygens (including phenoxy) is 1. The van der Waals surface area contributed by atoms with E-state index in [1.54, 1.807) is 29.2 Å². The Morgan fingerprint density at radius 2 is 1.76 bits per heavy atom. The highest BCUT2D eigenvalue weighted by Crippen LogP contribution is 2.37. The van der Waals surface area contributed by atoms with Crippen molar-refractivity contribution in [3.8, 4) is 5.75 Å². The highest BCUT2D eigenvalue weighted by atomic mass is 16.5. The van der Waals surface area contributed by atoms with E-state index in [9.17, 15) is 19.2 Å². The first kappa shape index (κ1) is 19.2. The maximum absolute atomic E-state index is 12.6. The van der Waals surface area contributed by atoms with Gasteiger partial charge in [0.1, 0.15) is 5.75 Å². The molecule has 2 unspecified atom stereocenters. The molecule has 3 aliphatic rings. The zero-order chi connectivity index (χ0) is 20.5. The summed E-state index contributed by atoms with van der Waals surface area (Å²) in [5.41, 5.74) is 0.406. The van der Waals surface area contributed by atoms with Crippen LogP contribution in [-0.4, -0.2) is 66.2 Å². The number of rotatable bonds is 5. The average Bonchev–Trinajstić information content (AvgIpc) is 2.96. The number of allylic oxidation sites excluding steroid dienone is 2. The number of carbonyl (C=O) groups is 4. The van der Waals surface area contributed by atoms with Gasteiger partial charge >= 0.3 is 0 Å². The number of benzene rings is 1. The van der Waals surface area contributed by atoms with Crippen molar-refractivity contribution < 1.29 is 23.9 Å². The van der Waals surface area contributed by atoms with Crippen LogP contribution >= 0.6 is 0 Å². The lowest BCUT2D eigenvalue weighted by molar-refractivity contribution is -0.152. The SMILES string of the molecule is COc1cccc(C(=O)NCC(=O)N2CC(N3C(=O)C4CC=CCC4C3=O)C2)c1. The molecule has 2 fully saturated rings. The molecular weight excluding hydrogens is 374 g/mol. The minimum absolute atomic E-state index is 0.118. The Hall–Kier alpha value is -3.16. The monoisotopic (exact) mass is 397 g/mol. The van der Waals surface area contributed by atoms with E-state index < -0.39 is 0 Å². The van der Waals surface area contributed by atoms with Crippen molar-refractivity contribution in [2.75, 3.05) is 26.7 Å². The fourth-order valence-electron chi connectivity index (χ4n) is 4.14. The van der Waals surface area contributed by atoms with Crippen LogP contribution in [0.3, 0.4) is 0 Å². The van der Waals surface area contributed by atoms with E-state index in [-0.39, 0.29) is 48.1 Å². The lowest BCUT2D eigenvalue weighted by Crippen LogP contribution is -2.63. The number of hydrogen-bond donors (Lipinski definition) is 1. The Labute approximate surface area is 168 Å². The number of carbonyl (C=O) groups excluding carboxylic acids is 4. The fourth-order valence-corrected chi connectivity index (χ4v) is 4.14. The van der Waals surface area contributed by atoms with Crippen LogP contribution in [0.15, 0.2) is 36.4 Å². The third-order valence-corrected chi connectivity index (χ3v) is 5.85. The number of hydrogen-bond acceptors (Lipinski definition) is 5. The molecule has 2 saturated heterocycles. The Kier molecular flexibility index (Phi) is 5.08. The minimum atomic E-state index is -0.365. The third-order valence-electron chi connectivity index (χ3n) is 5.85. The highest BCUT2D eigenvalue weighted by molar-refractivity contribution is 6.06. The lowest BCUT2D eigenvalue weighted by atomic mass is 9.85. The summed E-state index contributed by atoms with van der Waals surface area (Å²) in [5, 5.41) is 2.60. The second-order valence-electron chi connectivity index (χ2n) is 7.57. The fraction of sp³-hybridized carbons (Fsp3) is 0.429. The van der Waals surface area contributed by atoms with Crippen molar-refractivity contribution in [3.63, 3.8) is 0 Å². The van der Waals surface area contributed by atoms with E-state index in [1.807, 2.05) is 12.2 Å². The highest BCUT2D eigenvalue weighted by Gasteiger charge is 2.52. The van der Waals surface area contributed by atoms with Gasteiger partial charge in [0.05, 0.1) is 31.5 Å². The van der Waals surface area contributed by atoms with Gasteiger partial charge in [0, 0.05) is 18.7 Å². The molecule has 1 aliphatic carbocycles. The molecule has 4 rings (SSSR count). The van der Waals surface area contributed by atoms with Crippen LogP contribution in [0.2, 0.25) is 0 Å². The number of imide groups is 1. The first-order valence-electron chi connectivity index (χ1n) is 9.71. The van der Waals surface area contributed by atoms with Crippen molar-refractivity contribution >= 4 is 23.6 Å². The number of nitrogens with zero attached hydrogens (tertiary/aromatic N) is 2. The lowest BCUT2D eigenvalue weighted by Gasteiger charge is -2.43. The van der Waals surface area contributed by atoms with Crippen molar-refractivity contribution in [2.24, 2.45) is 11.8 Å². The van der Waals surface area contributed by atoms with Crippen molar-refractivity contribution in [2.45, 2.75) is 18.9 Å². The molecule has 152 valence electrons. The van der Waals surface area contributed by atoms with E-state index in [2.05, 4.69) is 5.32 Å². The molecule has 2 atom stereocenters. The molecule has 29 heavy (non-hydrogen) atoms. The van der Waals surface area contributed by atoms with Gasteiger partial charge in [0.2, 0.25) is 17.7 Å². The van der Waals surface area contributed by atoms with E-state index in [0.29, 0.717) is 37.2 Å². The molecule has 8 heteroatoms. The molecule has 8 nitrogen and oxygen atoms in total. The zero-order valence-electron chi connectivity index (χ0n) is 16.2. The molecule has 0 spiro atoms. The maximum Gasteiger partial charge on any atom is 0.251 e. The summed E-state index contributed by atoms with van der Waals surface area (Å²) in [5.74, 6) is -0.781. The van der Waals surface area contributed by atoms with Crippen molar-refractivity contribution in [1.82, 2.24) is 15.1 Å². The van der Waals surface area contributed by atoms with Gasteiger partial charge in [-0.3, -0.25) is 24.1 Å². The van der Waals surface area contributed by atoms with Crippen LogP contribution in [0, 0.1) is 11.8 Å². The van der Waals surface area contributed by atoms with Crippen LogP contribution in [0.5, 0.6) is 5.75 Å². The molecule has 1 aromatic rings. The third kappa shape index (κ3) is 3.50. The molecule has 0 aromatic heterocycles. The molecule has 2 heterocycles. The van der Waals surface area contributed by atoms with Gasteiger partial charge in [-0.05, 0) is 31.0 Å². The van der Waals surface area contributed by atoms with E-state index in [1.165, 1.54) is 12.0 Å². The van der Waals surface area contributed by atoms with E-state index in [4.69, 9.17) is 4.74 Å². The number of nitrogens with one attached hydrogen (secondary N) is 1. The van der Waals surface area contributed by atoms with Crippen LogP contribution in [0.1, 0.15) is 23.2 Å². The maximum atomic E-state index is 12.6. The quantitative estimate of drug-likeness (QED) is 0.579. The summed E-state index contributed by atoms with van der Waals surface area (Å²) < 4.78 is 5.09. The van der Waals surface area contributed by atoms with Gasteiger partial charge in [0.25, 0.3) is 5.91 Å². The summed E-state index contributed by atoms with van der Waals surface area (Å²) in [4.78, 5) is 52.6. The second kappa shape index (κ2) is 7.69. The van der Waals surface area contributed by atoms with Crippen LogP contribution in [0.25, 0.3) is 0 Å². The molecule has 1 N–H and O–H groups in total. The van der Waals surface area contributed by atoms with Gasteiger partial charge in [0.15, 0.2) is 0 Å². The Morgan fingerprint density at radius 3 is 2.38 bits per heavy atom. The smallest absolute Gasteiger partial charge is 0.251 e. The Morgan fingerprint density at radius 1 is 1.10 bits per heavy atom. The molecule has 4 amide bonds. The topological polar surface area (TPSA) is 96.0 Å². The predicted molar refractivity (Wildman–Crippen MR) is 103 cm³/mol. The molecular formula is C21H23N3O5. The van der Waals surface area contributed by atoms with E-state index in [0.717, 1.165) is 0 Å². The molecule has 0 saturated carbocycles. The van der Waals surface area contributed by atoms with Gasteiger partial charge in [-0.15, -0.1) is 0 Å². The molecule has 0 bridgehead atoms. The van der Waals surface area contributed by atoms with Crippen molar-refractivity contribution in [3.05, 3.63) is 42.0 Å². The number of likely N-dealkylation sites (tertiary alicyclic amines) is 2. The summed E-state index contributed by atoms with van der Waals surface area (Å²) in [6.07, 6.45) is 5.13. The van der Waals surface area contributed by atoms with Gasteiger partial charge in [-0.1, -0.05) is 18.2 Å². The summed E-state index contributed by atoms with van der Waals surface area (Å²) in [6, 6.07) is 6.40. The van der Waals surface area contributed by atoms with Crippen molar-refractivity contribution in [1.29, 1.82) is 0 Å². The standard InChI is InChI=1S/C21H23N3O5/c1-29-15-6-4-5-13(9-15)19(26)22-10-18(25)23-11-14(12-23)24-20(27)16-7-2-3-8-17(16)21(24)28/h2-6,9,14,16-17H,7-8,10-12H2,1H3,(H,22,26). The normalized spacial score (nSPS) is 23.6. The zero-order valence-corrected chi connectivity index (χ0v) is 16.2. The summed E-state index contributed by atoms with van der Waals surface area (Å²) >= 11 is 0. The van der Waals surface area contributed by atoms with Gasteiger partial charge in [-0.25, -0.2) is 0 Å². The summed E-state index contributed by atoms with van der Waals surface area (Å²) in [6.45, 7) is 0.496. The number of methoxy groups -OCH3 is 1. The first-order valence-corrected chi connectivity index (χ1v) is 9.71. The van der Waals surface area contributed by atoms with Crippen LogP contribution in [0.4, 0.5) is 0 Å². The first-order chi connectivity index (χ1) is 14.0. The molecule has 0 radical (unpaired) electrons. The predicted octanol–water partition coefficient (Wildman–Crippen LogP) is 0.587. The molecule has 1 aromatic carbocycles. The van der Waals surface area contributed by atoms with Crippen LogP contribution in [-0.2, 0) is 14.4 Å². The van der Waals surface area contributed by atoms with Crippen LogP contribution < -0.4 is 10.1 Å².